The Hall–Kier alpha value is -1.39. The van der Waals surface area contributed by atoms with E-state index in [9.17, 15) is 9.18 Å². The van der Waals surface area contributed by atoms with E-state index < -0.39 is 5.82 Å². The molecule has 0 aliphatic carbocycles. The van der Waals surface area contributed by atoms with Crippen LogP contribution in [0.4, 0.5) is 4.39 Å². The van der Waals surface area contributed by atoms with Crippen LogP contribution in [0, 0.1) is 5.82 Å². The average molecular weight is 259 g/mol. The number of aldehydes is 1. The maximum atomic E-state index is 13.3. The van der Waals surface area contributed by atoms with Crippen LogP contribution in [0.5, 0.6) is 0 Å². The minimum Gasteiger partial charge on any atom is -0.298 e. The SMILES string of the molecule is O=Cc1cn[nH]c1-c1cc(F)c(Cl)cc1Cl. The van der Waals surface area contributed by atoms with E-state index in [0.29, 0.717) is 23.1 Å². The zero-order chi connectivity index (χ0) is 11.7. The first kappa shape index (κ1) is 11.1. The number of carbonyl (C=O) groups is 1. The average Bonchev–Trinajstić information content (AvgIpc) is 2.71. The molecule has 0 saturated carbocycles. The second-order valence-electron chi connectivity index (χ2n) is 3.06. The molecule has 2 rings (SSSR count). The maximum absolute atomic E-state index is 13.3. The van der Waals surface area contributed by atoms with E-state index >= 15 is 0 Å². The van der Waals surface area contributed by atoms with Gasteiger partial charge < -0.3 is 0 Å². The van der Waals surface area contributed by atoms with Crippen LogP contribution in [-0.4, -0.2) is 16.5 Å². The fourth-order valence-corrected chi connectivity index (χ4v) is 1.79. The number of halogens is 3. The van der Waals surface area contributed by atoms with Crippen LogP contribution in [0.3, 0.4) is 0 Å². The van der Waals surface area contributed by atoms with Gasteiger partial charge in [0.15, 0.2) is 6.29 Å². The van der Waals surface area contributed by atoms with Crippen molar-refractivity contribution in [2.24, 2.45) is 0 Å². The molecule has 6 heteroatoms. The number of hydrogen-bond acceptors (Lipinski definition) is 2. The Balaban J connectivity index is 2.64. The Kier molecular flexibility index (Phi) is 2.94. The highest BCUT2D eigenvalue weighted by atomic mass is 35.5. The molecule has 1 aromatic carbocycles. The number of aromatic amines is 1. The Labute approximate surface area is 100 Å². The number of carbonyl (C=O) groups excluding carboxylic acids is 1. The molecule has 0 saturated heterocycles. The Morgan fingerprint density at radius 1 is 1.31 bits per heavy atom. The molecule has 16 heavy (non-hydrogen) atoms. The van der Waals surface area contributed by atoms with Crippen molar-refractivity contribution in [3.63, 3.8) is 0 Å². The first-order chi connectivity index (χ1) is 7.63. The van der Waals surface area contributed by atoms with Gasteiger partial charge in [-0.05, 0) is 12.1 Å². The van der Waals surface area contributed by atoms with Gasteiger partial charge in [-0.25, -0.2) is 4.39 Å². The van der Waals surface area contributed by atoms with Gasteiger partial charge in [0, 0.05) is 5.56 Å². The van der Waals surface area contributed by atoms with Crippen LogP contribution in [0.25, 0.3) is 11.3 Å². The predicted octanol–water partition coefficient (Wildman–Crippen LogP) is 3.34. The number of nitrogens with zero attached hydrogens (tertiary/aromatic N) is 1. The van der Waals surface area contributed by atoms with E-state index in [-0.39, 0.29) is 10.0 Å². The highest BCUT2D eigenvalue weighted by Gasteiger charge is 2.13. The van der Waals surface area contributed by atoms with Gasteiger partial charge in [0.25, 0.3) is 0 Å². The third-order valence-corrected chi connectivity index (χ3v) is 2.68. The van der Waals surface area contributed by atoms with E-state index in [1.54, 1.807) is 0 Å². The predicted molar refractivity (Wildman–Crippen MR) is 59.4 cm³/mol. The van der Waals surface area contributed by atoms with Crippen molar-refractivity contribution in [3.8, 4) is 11.3 Å². The van der Waals surface area contributed by atoms with Crippen molar-refractivity contribution in [3.05, 3.63) is 39.8 Å². The largest absolute Gasteiger partial charge is 0.298 e. The summed E-state index contributed by atoms with van der Waals surface area (Å²) >= 11 is 11.5. The first-order valence-corrected chi connectivity index (χ1v) is 5.02. The van der Waals surface area contributed by atoms with Gasteiger partial charge in [-0.1, -0.05) is 23.2 Å². The number of nitrogens with one attached hydrogen (secondary N) is 1. The lowest BCUT2D eigenvalue weighted by Crippen LogP contribution is -1.88. The van der Waals surface area contributed by atoms with Gasteiger partial charge >= 0.3 is 0 Å². The normalized spacial score (nSPS) is 10.4. The number of benzene rings is 1. The summed E-state index contributed by atoms with van der Waals surface area (Å²) in [6.45, 7) is 0. The summed E-state index contributed by atoms with van der Waals surface area (Å²) in [5.41, 5.74) is 1.03. The molecule has 0 atom stereocenters. The summed E-state index contributed by atoms with van der Waals surface area (Å²) in [6, 6.07) is 2.44. The van der Waals surface area contributed by atoms with Crippen LogP contribution < -0.4 is 0 Å². The molecule has 82 valence electrons. The van der Waals surface area contributed by atoms with Crippen molar-refractivity contribution < 1.29 is 9.18 Å². The highest BCUT2D eigenvalue weighted by Crippen LogP contribution is 2.32. The molecule has 0 radical (unpaired) electrons. The smallest absolute Gasteiger partial charge is 0.153 e. The molecule has 0 fully saturated rings. The fourth-order valence-electron chi connectivity index (χ4n) is 1.31. The van der Waals surface area contributed by atoms with E-state index in [1.165, 1.54) is 12.3 Å². The van der Waals surface area contributed by atoms with E-state index in [0.717, 1.165) is 6.07 Å². The lowest BCUT2D eigenvalue weighted by Gasteiger charge is -2.04. The number of H-pyrrole nitrogens is 1. The third-order valence-electron chi connectivity index (χ3n) is 2.07. The van der Waals surface area contributed by atoms with Crippen molar-refractivity contribution >= 4 is 29.5 Å². The Morgan fingerprint density at radius 2 is 2.06 bits per heavy atom. The van der Waals surface area contributed by atoms with E-state index in [2.05, 4.69) is 10.2 Å². The molecule has 3 nitrogen and oxygen atoms in total. The lowest BCUT2D eigenvalue weighted by molar-refractivity contribution is 0.112. The molecular formula is C10H5Cl2FN2O. The topological polar surface area (TPSA) is 45.8 Å². The van der Waals surface area contributed by atoms with Gasteiger partial charge in [-0.3, -0.25) is 9.89 Å². The molecule has 0 amide bonds. The summed E-state index contributed by atoms with van der Waals surface area (Å²) in [5, 5.41) is 6.46. The number of hydrogen-bond donors (Lipinski definition) is 1. The van der Waals surface area contributed by atoms with Crippen LogP contribution in [-0.2, 0) is 0 Å². The molecule has 0 aliphatic heterocycles. The van der Waals surface area contributed by atoms with Crippen molar-refractivity contribution in [2.75, 3.05) is 0 Å². The summed E-state index contributed by atoms with van der Waals surface area (Å²) in [5.74, 6) is -0.604. The van der Waals surface area contributed by atoms with Gasteiger partial charge in [-0.15, -0.1) is 0 Å². The number of rotatable bonds is 2. The molecule has 1 N–H and O–H groups in total. The molecule has 0 bridgehead atoms. The molecule has 1 heterocycles. The quantitative estimate of drug-likeness (QED) is 0.664. The summed E-state index contributed by atoms with van der Waals surface area (Å²) < 4.78 is 13.3. The van der Waals surface area contributed by atoms with E-state index in [1.807, 2.05) is 0 Å². The number of aromatic nitrogens is 2. The van der Waals surface area contributed by atoms with Crippen LogP contribution in [0.2, 0.25) is 10.0 Å². The second kappa shape index (κ2) is 4.23. The van der Waals surface area contributed by atoms with Crippen molar-refractivity contribution in [1.29, 1.82) is 0 Å². The van der Waals surface area contributed by atoms with Gasteiger partial charge in [0.1, 0.15) is 5.82 Å². The fraction of sp³-hybridized carbons (Fsp3) is 0. The molecule has 1 aromatic heterocycles. The zero-order valence-electron chi connectivity index (χ0n) is 7.80. The molecular weight excluding hydrogens is 254 g/mol. The van der Waals surface area contributed by atoms with Crippen LogP contribution in [0.15, 0.2) is 18.3 Å². The minimum atomic E-state index is -0.604. The summed E-state index contributed by atoms with van der Waals surface area (Å²) in [6.07, 6.45) is 1.95. The standard InChI is InChI=1S/C10H5Cl2FN2O/c11-7-2-8(12)9(13)1-6(7)10-5(4-16)3-14-15-10/h1-4H,(H,14,15). The third kappa shape index (κ3) is 1.81. The molecule has 0 aliphatic rings. The van der Waals surface area contributed by atoms with Crippen LogP contribution >= 0.6 is 23.2 Å². The maximum Gasteiger partial charge on any atom is 0.153 e. The van der Waals surface area contributed by atoms with Crippen molar-refractivity contribution in [1.82, 2.24) is 10.2 Å². The van der Waals surface area contributed by atoms with Gasteiger partial charge in [0.2, 0.25) is 0 Å². The van der Waals surface area contributed by atoms with Gasteiger partial charge in [0.05, 0.1) is 27.5 Å². The minimum absolute atomic E-state index is 0.0686. The lowest BCUT2D eigenvalue weighted by atomic mass is 10.1. The monoisotopic (exact) mass is 258 g/mol. The van der Waals surface area contributed by atoms with Crippen molar-refractivity contribution in [2.45, 2.75) is 0 Å². The first-order valence-electron chi connectivity index (χ1n) is 4.27. The molecule has 0 unspecified atom stereocenters. The zero-order valence-corrected chi connectivity index (χ0v) is 9.31. The second-order valence-corrected chi connectivity index (χ2v) is 3.88. The van der Waals surface area contributed by atoms with E-state index in [4.69, 9.17) is 23.2 Å². The molecule has 0 spiro atoms. The Morgan fingerprint density at radius 3 is 2.75 bits per heavy atom. The highest BCUT2D eigenvalue weighted by molar-refractivity contribution is 6.36. The summed E-state index contributed by atoms with van der Waals surface area (Å²) in [7, 11) is 0. The molecule has 2 aromatic rings. The van der Waals surface area contributed by atoms with Crippen LogP contribution in [0.1, 0.15) is 10.4 Å². The Bertz CT molecular complexity index is 554. The van der Waals surface area contributed by atoms with Gasteiger partial charge in [-0.2, -0.15) is 5.10 Å². The summed E-state index contributed by atoms with van der Waals surface area (Å²) in [4.78, 5) is 10.7.